The van der Waals surface area contributed by atoms with Crippen molar-refractivity contribution in [2.75, 3.05) is 33.9 Å². The Balaban J connectivity index is 2.18. The second-order valence-electron chi connectivity index (χ2n) is 4.42. The molecule has 0 bridgehead atoms. The van der Waals surface area contributed by atoms with Gasteiger partial charge in [-0.25, -0.2) is 0 Å². The largest absolute Gasteiger partial charge is 0.494 e. The molecule has 0 atom stereocenters. The molecule has 3 nitrogen and oxygen atoms in total. The van der Waals surface area contributed by atoms with Crippen LogP contribution in [0.5, 0.6) is 11.5 Å². The van der Waals surface area contributed by atoms with E-state index in [4.69, 9.17) is 9.47 Å². The summed E-state index contributed by atoms with van der Waals surface area (Å²) in [5.74, 6) is 1.82. The molecule has 0 unspecified atom stereocenters. The first-order chi connectivity index (χ1) is 8.22. The molecule has 0 saturated carbocycles. The maximum absolute atomic E-state index is 5.66. The van der Waals surface area contributed by atoms with Crippen LogP contribution in [-0.2, 0) is 0 Å². The Morgan fingerprint density at radius 3 is 2.06 bits per heavy atom. The van der Waals surface area contributed by atoms with E-state index in [0.29, 0.717) is 6.61 Å². The van der Waals surface area contributed by atoms with Gasteiger partial charge < -0.3 is 14.4 Å². The number of quaternary nitrogens is 1. The summed E-state index contributed by atoms with van der Waals surface area (Å²) in [5.41, 5.74) is 0. The molecule has 1 aromatic carbocycles. The zero-order valence-corrected chi connectivity index (χ0v) is 11.2. The van der Waals surface area contributed by atoms with Gasteiger partial charge in [0.15, 0.2) is 0 Å². The highest BCUT2D eigenvalue weighted by molar-refractivity contribution is 5.31. The zero-order chi connectivity index (χ0) is 12.5. The first kappa shape index (κ1) is 13.8. The minimum Gasteiger partial charge on any atom is -0.494 e. The Kier molecular flexibility index (Phi) is 6.48. The molecule has 3 heteroatoms. The lowest BCUT2D eigenvalue weighted by atomic mass is 10.3. The van der Waals surface area contributed by atoms with Crippen LogP contribution >= 0.6 is 0 Å². The van der Waals surface area contributed by atoms with Crippen molar-refractivity contribution < 1.29 is 14.4 Å². The predicted molar refractivity (Wildman–Crippen MR) is 70.0 cm³/mol. The molecule has 0 radical (unpaired) electrons. The molecule has 0 aliphatic rings. The average molecular weight is 238 g/mol. The second kappa shape index (κ2) is 7.96. The van der Waals surface area contributed by atoms with E-state index in [1.165, 1.54) is 17.9 Å². The maximum atomic E-state index is 5.66. The molecule has 0 heterocycles. The molecule has 0 amide bonds. The molecule has 17 heavy (non-hydrogen) atoms. The molecule has 0 aliphatic carbocycles. The number of nitrogens with one attached hydrogen (secondary N) is 1. The van der Waals surface area contributed by atoms with Crippen molar-refractivity contribution in [2.45, 2.75) is 19.8 Å². The molecule has 96 valence electrons. The van der Waals surface area contributed by atoms with Gasteiger partial charge in [0.25, 0.3) is 0 Å². The molecule has 0 spiro atoms. The third-order valence-electron chi connectivity index (χ3n) is 2.47. The summed E-state index contributed by atoms with van der Waals surface area (Å²) in [7, 11) is 4.35. The Morgan fingerprint density at radius 1 is 0.941 bits per heavy atom. The number of benzene rings is 1. The molecule has 0 saturated heterocycles. The van der Waals surface area contributed by atoms with E-state index in [0.717, 1.165) is 24.5 Å². The van der Waals surface area contributed by atoms with Crippen molar-refractivity contribution in [3.05, 3.63) is 24.3 Å². The predicted octanol–water partition coefficient (Wildman–Crippen LogP) is 1.39. The van der Waals surface area contributed by atoms with Gasteiger partial charge >= 0.3 is 0 Å². The number of rotatable bonds is 8. The van der Waals surface area contributed by atoms with E-state index < -0.39 is 0 Å². The van der Waals surface area contributed by atoms with Crippen molar-refractivity contribution >= 4 is 0 Å². The van der Waals surface area contributed by atoms with Crippen molar-refractivity contribution in [2.24, 2.45) is 0 Å². The normalized spacial score (nSPS) is 10.6. The van der Waals surface area contributed by atoms with Crippen LogP contribution < -0.4 is 14.4 Å². The smallest absolute Gasteiger partial charge is 0.119 e. The van der Waals surface area contributed by atoms with E-state index in [-0.39, 0.29) is 0 Å². The van der Waals surface area contributed by atoms with E-state index in [2.05, 4.69) is 14.1 Å². The maximum Gasteiger partial charge on any atom is 0.119 e. The fourth-order valence-corrected chi connectivity index (χ4v) is 1.57. The molecule has 1 rings (SSSR count). The van der Waals surface area contributed by atoms with Gasteiger partial charge in [0.05, 0.1) is 33.9 Å². The quantitative estimate of drug-likeness (QED) is 0.692. The Hall–Kier alpha value is -1.22. The first-order valence-electron chi connectivity index (χ1n) is 6.37. The highest BCUT2D eigenvalue weighted by atomic mass is 16.5. The summed E-state index contributed by atoms with van der Waals surface area (Å²) in [5, 5.41) is 0. The van der Waals surface area contributed by atoms with Crippen LogP contribution in [0.4, 0.5) is 0 Å². The summed E-state index contributed by atoms with van der Waals surface area (Å²) >= 11 is 0. The van der Waals surface area contributed by atoms with Crippen LogP contribution in [0.25, 0.3) is 0 Å². The second-order valence-corrected chi connectivity index (χ2v) is 4.42. The minimum atomic E-state index is 0.701. The Morgan fingerprint density at radius 2 is 1.53 bits per heavy atom. The summed E-state index contributed by atoms with van der Waals surface area (Å²) in [6.07, 6.45) is 2.32. The van der Waals surface area contributed by atoms with Crippen LogP contribution in [0, 0.1) is 0 Å². The van der Waals surface area contributed by atoms with Gasteiger partial charge in [0, 0.05) is 0 Å². The Labute approximate surface area is 104 Å². The highest BCUT2D eigenvalue weighted by Gasteiger charge is 1.97. The topological polar surface area (TPSA) is 22.9 Å². The van der Waals surface area contributed by atoms with Gasteiger partial charge in [0.2, 0.25) is 0 Å². The Bertz CT molecular complexity index is 296. The van der Waals surface area contributed by atoms with Gasteiger partial charge in [-0.15, -0.1) is 0 Å². The molecular formula is C14H24NO2+. The first-order valence-corrected chi connectivity index (χ1v) is 6.37. The molecular weight excluding hydrogens is 214 g/mol. The summed E-state index contributed by atoms with van der Waals surface area (Å²) in [6, 6.07) is 7.82. The van der Waals surface area contributed by atoms with E-state index in [1.807, 2.05) is 31.2 Å². The SMILES string of the molecule is CCOc1ccc(OCCCC[NH+](C)C)cc1. The number of ether oxygens (including phenoxy) is 2. The molecule has 0 fully saturated rings. The van der Waals surface area contributed by atoms with Crippen molar-refractivity contribution in [3.8, 4) is 11.5 Å². The van der Waals surface area contributed by atoms with Gasteiger partial charge in [-0.05, 0) is 44.0 Å². The molecule has 0 aromatic heterocycles. The van der Waals surface area contributed by atoms with Gasteiger partial charge in [-0.2, -0.15) is 0 Å². The lowest BCUT2D eigenvalue weighted by molar-refractivity contribution is -0.858. The zero-order valence-electron chi connectivity index (χ0n) is 11.2. The number of hydrogen-bond donors (Lipinski definition) is 1. The van der Waals surface area contributed by atoms with Crippen LogP contribution in [0.15, 0.2) is 24.3 Å². The summed E-state index contributed by atoms with van der Waals surface area (Å²) in [4.78, 5) is 1.49. The lowest BCUT2D eigenvalue weighted by Crippen LogP contribution is -3.05. The van der Waals surface area contributed by atoms with Crippen molar-refractivity contribution in [1.82, 2.24) is 0 Å². The van der Waals surface area contributed by atoms with E-state index in [1.54, 1.807) is 0 Å². The summed E-state index contributed by atoms with van der Waals surface area (Å²) < 4.78 is 11.0. The van der Waals surface area contributed by atoms with Gasteiger partial charge in [-0.3, -0.25) is 0 Å². The van der Waals surface area contributed by atoms with Crippen LogP contribution in [0.1, 0.15) is 19.8 Å². The van der Waals surface area contributed by atoms with Gasteiger partial charge in [-0.1, -0.05) is 0 Å². The third kappa shape index (κ3) is 6.17. The number of hydrogen-bond acceptors (Lipinski definition) is 2. The van der Waals surface area contributed by atoms with E-state index >= 15 is 0 Å². The monoisotopic (exact) mass is 238 g/mol. The van der Waals surface area contributed by atoms with Crippen molar-refractivity contribution in [1.29, 1.82) is 0 Å². The molecule has 1 aromatic rings. The average Bonchev–Trinajstić information content (AvgIpc) is 2.31. The van der Waals surface area contributed by atoms with Crippen LogP contribution in [0.3, 0.4) is 0 Å². The lowest BCUT2D eigenvalue weighted by Gasteiger charge is -2.09. The van der Waals surface area contributed by atoms with Crippen LogP contribution in [0.2, 0.25) is 0 Å². The van der Waals surface area contributed by atoms with Crippen LogP contribution in [-0.4, -0.2) is 33.9 Å². The number of unbranched alkanes of at least 4 members (excludes halogenated alkanes) is 1. The molecule has 1 N–H and O–H groups in total. The fraction of sp³-hybridized carbons (Fsp3) is 0.571. The highest BCUT2D eigenvalue weighted by Crippen LogP contribution is 2.17. The molecule has 0 aliphatic heterocycles. The summed E-state index contributed by atoms with van der Waals surface area (Å²) in [6.45, 7) is 4.68. The third-order valence-corrected chi connectivity index (χ3v) is 2.47. The minimum absolute atomic E-state index is 0.701. The standard InChI is InChI=1S/C14H23NO2/c1-4-16-13-7-9-14(10-8-13)17-12-6-5-11-15(2)3/h7-10H,4-6,11-12H2,1-3H3/p+1. The fourth-order valence-electron chi connectivity index (χ4n) is 1.57. The van der Waals surface area contributed by atoms with Gasteiger partial charge in [0.1, 0.15) is 11.5 Å². The van der Waals surface area contributed by atoms with E-state index in [9.17, 15) is 0 Å². The van der Waals surface area contributed by atoms with Crippen molar-refractivity contribution in [3.63, 3.8) is 0 Å².